The number of aliphatic imine (C=N–C) groups is 1. The van der Waals surface area contributed by atoms with Gasteiger partial charge in [-0.1, -0.05) is 17.7 Å². The van der Waals surface area contributed by atoms with E-state index in [4.69, 9.17) is 17.3 Å². The summed E-state index contributed by atoms with van der Waals surface area (Å²) in [6, 6.07) is 7.25. The average Bonchev–Trinajstić information content (AvgIpc) is 3.23. The number of carbonyl (C=O) groups is 1. The largest absolute Gasteiger partial charge is 0.364 e. The van der Waals surface area contributed by atoms with Gasteiger partial charge < -0.3 is 10.3 Å². The molecule has 1 aliphatic heterocycles. The van der Waals surface area contributed by atoms with Gasteiger partial charge in [0.15, 0.2) is 0 Å². The molecule has 0 unspecified atom stereocenters. The number of nitrogens with zero attached hydrogens (tertiary/aromatic N) is 4. The van der Waals surface area contributed by atoms with Crippen molar-refractivity contribution in [3.63, 3.8) is 0 Å². The molecule has 124 valence electrons. The summed E-state index contributed by atoms with van der Waals surface area (Å²) in [6.07, 6.45) is 5.11. The Balaban J connectivity index is 1.93. The van der Waals surface area contributed by atoms with Crippen LogP contribution < -0.4 is 5.73 Å². The molecule has 0 spiro atoms. The van der Waals surface area contributed by atoms with E-state index in [1.54, 1.807) is 22.9 Å². The molecular formula is C18H14ClN5O. The molecule has 1 aromatic carbocycles. The Kier molecular flexibility index (Phi) is 3.62. The summed E-state index contributed by atoms with van der Waals surface area (Å²) < 4.78 is 1.75. The molecule has 0 bridgehead atoms. The zero-order valence-electron chi connectivity index (χ0n) is 13.4. The Morgan fingerprint density at radius 1 is 1.28 bits per heavy atom. The van der Waals surface area contributed by atoms with Crippen LogP contribution in [0.2, 0.25) is 5.02 Å². The van der Waals surface area contributed by atoms with Crippen LogP contribution in [0, 0.1) is 6.92 Å². The highest BCUT2D eigenvalue weighted by atomic mass is 35.5. The molecular weight excluding hydrogens is 338 g/mol. The first-order valence-corrected chi connectivity index (χ1v) is 8.05. The number of nitrogens with two attached hydrogens (primary N) is 1. The van der Waals surface area contributed by atoms with Crippen LogP contribution in [0.4, 0.5) is 0 Å². The molecule has 0 radical (unpaired) electrons. The maximum absolute atomic E-state index is 12.0. The topological polar surface area (TPSA) is 86.2 Å². The predicted molar refractivity (Wildman–Crippen MR) is 96.4 cm³/mol. The molecule has 0 saturated carbocycles. The second-order valence-electron chi connectivity index (χ2n) is 5.83. The maximum atomic E-state index is 12.0. The quantitative estimate of drug-likeness (QED) is 0.787. The predicted octanol–water partition coefficient (Wildman–Crippen LogP) is 2.93. The summed E-state index contributed by atoms with van der Waals surface area (Å²) in [5.74, 6) is -0.523. The van der Waals surface area contributed by atoms with E-state index in [0.717, 1.165) is 33.8 Å². The lowest BCUT2D eigenvalue weighted by molar-refractivity contribution is 0.0994. The fourth-order valence-electron chi connectivity index (χ4n) is 2.97. The van der Waals surface area contributed by atoms with Crippen molar-refractivity contribution in [2.75, 3.05) is 0 Å². The lowest BCUT2D eigenvalue weighted by Crippen LogP contribution is -2.16. The number of primary amides is 1. The van der Waals surface area contributed by atoms with Crippen molar-refractivity contribution in [1.29, 1.82) is 0 Å². The molecule has 0 aliphatic carbocycles. The molecule has 2 aromatic heterocycles. The zero-order chi connectivity index (χ0) is 17.6. The first-order chi connectivity index (χ1) is 12.0. The van der Waals surface area contributed by atoms with E-state index in [-0.39, 0.29) is 0 Å². The van der Waals surface area contributed by atoms with Gasteiger partial charge in [0.2, 0.25) is 0 Å². The monoisotopic (exact) mass is 351 g/mol. The average molecular weight is 352 g/mol. The van der Waals surface area contributed by atoms with E-state index in [0.29, 0.717) is 17.3 Å². The van der Waals surface area contributed by atoms with E-state index in [2.05, 4.69) is 15.0 Å². The standard InChI is InChI=1S/C18H14ClN5O/c1-10-2-3-12(19)5-15(10)24-8-11(4-16(24)18(20)25)17-13-6-21-7-14(13)22-9-23-17/h2-6,8-9H,7H2,1H3,(H2,20,25). The first-order valence-electron chi connectivity index (χ1n) is 7.67. The SMILES string of the molecule is Cc1ccc(Cl)cc1-n1cc(-c2ncnc3c2C=NC3)cc1C(N)=O. The Bertz CT molecular complexity index is 1040. The summed E-state index contributed by atoms with van der Waals surface area (Å²) in [7, 11) is 0. The van der Waals surface area contributed by atoms with Gasteiger partial charge in [0.25, 0.3) is 5.91 Å². The lowest BCUT2D eigenvalue weighted by atomic mass is 10.1. The smallest absolute Gasteiger partial charge is 0.265 e. The zero-order valence-corrected chi connectivity index (χ0v) is 14.2. The molecule has 4 rings (SSSR count). The molecule has 1 amide bonds. The van der Waals surface area contributed by atoms with Crippen molar-refractivity contribution in [1.82, 2.24) is 14.5 Å². The first kappa shape index (κ1) is 15.5. The highest BCUT2D eigenvalue weighted by Gasteiger charge is 2.20. The minimum atomic E-state index is -0.523. The number of carbonyl (C=O) groups excluding carboxylic acids is 1. The van der Waals surface area contributed by atoms with Gasteiger partial charge in [-0.3, -0.25) is 9.79 Å². The minimum Gasteiger partial charge on any atom is -0.364 e. The summed E-state index contributed by atoms with van der Waals surface area (Å²) in [6.45, 7) is 2.49. The Morgan fingerprint density at radius 3 is 2.92 bits per heavy atom. The number of fused-ring (bicyclic) bond motifs is 1. The third-order valence-electron chi connectivity index (χ3n) is 4.20. The second-order valence-corrected chi connectivity index (χ2v) is 6.27. The van der Waals surface area contributed by atoms with E-state index < -0.39 is 5.91 Å². The van der Waals surface area contributed by atoms with Crippen LogP contribution in [-0.4, -0.2) is 26.7 Å². The fraction of sp³-hybridized carbons (Fsp3) is 0.111. The maximum Gasteiger partial charge on any atom is 0.265 e. The fourth-order valence-corrected chi connectivity index (χ4v) is 3.14. The van der Waals surface area contributed by atoms with Gasteiger partial charge in [-0.15, -0.1) is 0 Å². The highest BCUT2D eigenvalue weighted by Crippen LogP contribution is 2.29. The van der Waals surface area contributed by atoms with Gasteiger partial charge in [0, 0.05) is 28.6 Å². The Morgan fingerprint density at radius 2 is 2.12 bits per heavy atom. The molecule has 25 heavy (non-hydrogen) atoms. The van der Waals surface area contributed by atoms with Gasteiger partial charge in [-0.2, -0.15) is 0 Å². The Hall–Kier alpha value is -2.99. The number of rotatable bonds is 3. The molecule has 0 fully saturated rings. The van der Waals surface area contributed by atoms with Crippen LogP contribution in [0.15, 0.2) is 41.8 Å². The van der Waals surface area contributed by atoms with Gasteiger partial charge in [-0.25, -0.2) is 9.97 Å². The van der Waals surface area contributed by atoms with Crippen LogP contribution >= 0.6 is 11.6 Å². The van der Waals surface area contributed by atoms with E-state index in [1.165, 1.54) is 6.33 Å². The molecule has 2 N–H and O–H groups in total. The molecule has 3 heterocycles. The highest BCUT2D eigenvalue weighted by molar-refractivity contribution is 6.30. The van der Waals surface area contributed by atoms with Crippen molar-refractivity contribution >= 4 is 23.7 Å². The number of benzene rings is 1. The number of hydrogen-bond acceptors (Lipinski definition) is 4. The van der Waals surface area contributed by atoms with Gasteiger partial charge in [0.1, 0.15) is 12.0 Å². The molecule has 3 aromatic rings. The van der Waals surface area contributed by atoms with Crippen molar-refractivity contribution < 1.29 is 4.79 Å². The van der Waals surface area contributed by atoms with Gasteiger partial charge >= 0.3 is 0 Å². The van der Waals surface area contributed by atoms with Crippen LogP contribution in [0.25, 0.3) is 16.9 Å². The number of halogens is 1. The third-order valence-corrected chi connectivity index (χ3v) is 4.44. The van der Waals surface area contributed by atoms with Crippen LogP contribution in [-0.2, 0) is 6.54 Å². The number of amides is 1. The number of aromatic nitrogens is 3. The summed E-state index contributed by atoms with van der Waals surface area (Å²) in [5.41, 5.74) is 11.0. The molecule has 7 heteroatoms. The van der Waals surface area contributed by atoms with Crippen molar-refractivity contribution in [2.45, 2.75) is 13.5 Å². The lowest BCUT2D eigenvalue weighted by Gasteiger charge is -2.10. The molecule has 0 saturated heterocycles. The van der Waals surface area contributed by atoms with E-state index in [1.807, 2.05) is 25.3 Å². The van der Waals surface area contributed by atoms with Crippen molar-refractivity contribution in [3.05, 3.63) is 64.3 Å². The van der Waals surface area contributed by atoms with Gasteiger partial charge in [-0.05, 0) is 30.7 Å². The molecule has 6 nitrogen and oxygen atoms in total. The molecule has 1 aliphatic rings. The summed E-state index contributed by atoms with van der Waals surface area (Å²) >= 11 is 6.13. The van der Waals surface area contributed by atoms with E-state index >= 15 is 0 Å². The van der Waals surface area contributed by atoms with Crippen LogP contribution in [0.1, 0.15) is 27.3 Å². The number of aryl methyl sites for hydroxylation is 1. The van der Waals surface area contributed by atoms with Crippen LogP contribution in [0.5, 0.6) is 0 Å². The van der Waals surface area contributed by atoms with E-state index in [9.17, 15) is 4.79 Å². The van der Waals surface area contributed by atoms with Crippen LogP contribution in [0.3, 0.4) is 0 Å². The normalized spacial score (nSPS) is 12.4. The second kappa shape index (κ2) is 5.82. The van der Waals surface area contributed by atoms with Crippen molar-refractivity contribution in [3.8, 4) is 16.9 Å². The third kappa shape index (κ3) is 2.60. The van der Waals surface area contributed by atoms with Crippen molar-refractivity contribution in [2.24, 2.45) is 10.7 Å². The Labute approximate surface area is 149 Å². The number of hydrogen-bond donors (Lipinski definition) is 1. The van der Waals surface area contributed by atoms with Gasteiger partial charge in [0.05, 0.1) is 23.6 Å². The minimum absolute atomic E-state index is 0.364. The summed E-state index contributed by atoms with van der Waals surface area (Å²) in [4.78, 5) is 24.8. The molecule has 0 atom stereocenters. The summed E-state index contributed by atoms with van der Waals surface area (Å²) in [5, 5.41) is 0.585.